The minimum atomic E-state index is -0.254. The summed E-state index contributed by atoms with van der Waals surface area (Å²) in [6, 6.07) is 7.45. The first kappa shape index (κ1) is 17.0. The fraction of sp³-hybridized carbons (Fsp3) is 0.350. The molecule has 0 unspecified atom stereocenters. The maximum absolute atomic E-state index is 11.4. The first-order valence-corrected chi connectivity index (χ1v) is 9.54. The van der Waals surface area contributed by atoms with Crippen molar-refractivity contribution in [2.75, 3.05) is 7.11 Å². The average Bonchev–Trinajstić information content (AvgIpc) is 3.01. The number of esters is 1. The van der Waals surface area contributed by atoms with Gasteiger partial charge in [0.2, 0.25) is 5.88 Å². The standard InChI is InChI=1S/C20H20N2O3S/c1-12-3-8-15-16(9-12)26-20-18(15)19(21-11-22-20)25-14-6-4-13(5-7-14)10-17(23)24-2/h4-7,11-12H,3,8-10H2,1-2H3/t12-/m1/s1. The lowest BCUT2D eigenvalue weighted by molar-refractivity contribution is -0.139. The Kier molecular flexibility index (Phi) is 4.59. The molecule has 6 heteroatoms. The van der Waals surface area contributed by atoms with E-state index in [1.54, 1.807) is 17.7 Å². The topological polar surface area (TPSA) is 61.3 Å². The Morgan fingerprint density at radius 1 is 1.27 bits per heavy atom. The third kappa shape index (κ3) is 3.29. The summed E-state index contributed by atoms with van der Waals surface area (Å²) >= 11 is 1.76. The summed E-state index contributed by atoms with van der Waals surface area (Å²) < 4.78 is 10.8. The molecule has 0 amide bonds. The molecule has 0 bridgehead atoms. The van der Waals surface area contributed by atoms with Crippen molar-refractivity contribution in [3.05, 3.63) is 46.6 Å². The molecule has 134 valence electrons. The van der Waals surface area contributed by atoms with Crippen molar-refractivity contribution < 1.29 is 14.3 Å². The smallest absolute Gasteiger partial charge is 0.309 e. The van der Waals surface area contributed by atoms with E-state index in [-0.39, 0.29) is 12.4 Å². The summed E-state index contributed by atoms with van der Waals surface area (Å²) in [5.74, 6) is 1.77. The summed E-state index contributed by atoms with van der Waals surface area (Å²) in [5.41, 5.74) is 2.24. The van der Waals surface area contributed by atoms with Crippen molar-refractivity contribution in [2.24, 2.45) is 5.92 Å². The molecule has 1 aliphatic carbocycles. The Balaban J connectivity index is 1.62. The fourth-order valence-electron chi connectivity index (χ4n) is 3.35. The summed E-state index contributed by atoms with van der Waals surface area (Å²) in [6.07, 6.45) is 5.17. The van der Waals surface area contributed by atoms with E-state index in [2.05, 4.69) is 16.9 Å². The summed E-state index contributed by atoms with van der Waals surface area (Å²) in [7, 11) is 1.39. The van der Waals surface area contributed by atoms with Gasteiger partial charge in [0.05, 0.1) is 18.9 Å². The SMILES string of the molecule is COC(=O)Cc1ccc(Oc2ncnc3sc4c(c23)CC[C@@H](C)C4)cc1. The highest BCUT2D eigenvalue weighted by Crippen LogP contribution is 2.41. The zero-order valence-electron chi connectivity index (χ0n) is 14.8. The molecule has 0 spiro atoms. The molecule has 0 saturated carbocycles. The van der Waals surface area contributed by atoms with Crippen molar-refractivity contribution >= 4 is 27.5 Å². The average molecular weight is 368 g/mol. The second kappa shape index (κ2) is 7.03. The van der Waals surface area contributed by atoms with E-state index in [0.29, 0.717) is 11.6 Å². The monoisotopic (exact) mass is 368 g/mol. The van der Waals surface area contributed by atoms with Gasteiger partial charge < -0.3 is 9.47 Å². The van der Waals surface area contributed by atoms with Crippen LogP contribution in [0.1, 0.15) is 29.3 Å². The highest BCUT2D eigenvalue weighted by Gasteiger charge is 2.23. The molecule has 0 saturated heterocycles. The third-order valence-corrected chi connectivity index (χ3v) is 5.93. The molecule has 0 N–H and O–H groups in total. The zero-order valence-corrected chi connectivity index (χ0v) is 15.6. The number of thiophene rings is 1. The van der Waals surface area contributed by atoms with Gasteiger partial charge in [-0.25, -0.2) is 9.97 Å². The molecule has 0 radical (unpaired) electrons. The van der Waals surface area contributed by atoms with Gasteiger partial charge in [0.15, 0.2) is 0 Å². The molecule has 1 aromatic carbocycles. The lowest BCUT2D eigenvalue weighted by atomic mass is 9.89. The van der Waals surface area contributed by atoms with E-state index in [4.69, 9.17) is 9.47 Å². The number of aromatic nitrogens is 2. The molecule has 4 rings (SSSR count). The van der Waals surface area contributed by atoms with E-state index >= 15 is 0 Å². The lowest BCUT2D eigenvalue weighted by Gasteiger charge is -2.18. The first-order valence-electron chi connectivity index (χ1n) is 8.73. The number of nitrogens with zero attached hydrogens (tertiary/aromatic N) is 2. The van der Waals surface area contributed by atoms with Crippen LogP contribution in [0.25, 0.3) is 10.2 Å². The Labute approximate surface area is 156 Å². The molecule has 0 fully saturated rings. The molecule has 5 nitrogen and oxygen atoms in total. The number of aryl methyl sites for hydroxylation is 1. The number of rotatable bonds is 4. The van der Waals surface area contributed by atoms with Crippen molar-refractivity contribution in [2.45, 2.75) is 32.6 Å². The molecule has 1 atom stereocenters. The number of ether oxygens (including phenoxy) is 2. The molecule has 0 aliphatic heterocycles. The van der Waals surface area contributed by atoms with Crippen LogP contribution in [0.2, 0.25) is 0 Å². The molecular weight excluding hydrogens is 348 g/mol. The van der Waals surface area contributed by atoms with Crippen molar-refractivity contribution in [1.29, 1.82) is 0 Å². The van der Waals surface area contributed by atoms with Gasteiger partial charge in [-0.05, 0) is 48.4 Å². The minimum absolute atomic E-state index is 0.254. The van der Waals surface area contributed by atoms with Crippen molar-refractivity contribution in [1.82, 2.24) is 9.97 Å². The van der Waals surface area contributed by atoms with Crippen LogP contribution < -0.4 is 4.74 Å². The summed E-state index contributed by atoms with van der Waals surface area (Å²) in [6.45, 7) is 2.30. The molecule has 1 aliphatic rings. The normalized spacial score (nSPS) is 16.3. The number of benzene rings is 1. The van der Waals surface area contributed by atoms with Crippen molar-refractivity contribution in [3.8, 4) is 11.6 Å². The van der Waals surface area contributed by atoms with E-state index in [9.17, 15) is 4.79 Å². The van der Waals surface area contributed by atoms with Gasteiger partial charge in [-0.1, -0.05) is 19.1 Å². The summed E-state index contributed by atoms with van der Waals surface area (Å²) in [5, 5.41) is 1.05. The van der Waals surface area contributed by atoms with Gasteiger partial charge in [-0.3, -0.25) is 4.79 Å². The highest BCUT2D eigenvalue weighted by molar-refractivity contribution is 7.18. The van der Waals surface area contributed by atoms with E-state index < -0.39 is 0 Å². The van der Waals surface area contributed by atoms with E-state index in [1.807, 2.05) is 24.3 Å². The molecular formula is C20H20N2O3S. The van der Waals surface area contributed by atoms with Crippen LogP contribution in [0, 0.1) is 5.92 Å². The van der Waals surface area contributed by atoms with Crippen LogP contribution in [0.15, 0.2) is 30.6 Å². The number of carbonyl (C=O) groups excluding carboxylic acids is 1. The number of hydrogen-bond donors (Lipinski definition) is 0. The summed E-state index contributed by atoms with van der Waals surface area (Å²) in [4.78, 5) is 22.6. The van der Waals surface area contributed by atoms with Crippen LogP contribution in [0.5, 0.6) is 11.6 Å². The van der Waals surface area contributed by atoms with Gasteiger partial charge in [-0.15, -0.1) is 11.3 Å². The van der Waals surface area contributed by atoms with E-state index in [0.717, 1.165) is 34.5 Å². The lowest BCUT2D eigenvalue weighted by Crippen LogP contribution is -2.08. The van der Waals surface area contributed by atoms with Gasteiger partial charge in [-0.2, -0.15) is 0 Å². The maximum atomic E-state index is 11.4. The largest absolute Gasteiger partial charge is 0.469 e. The quantitative estimate of drug-likeness (QED) is 0.642. The predicted octanol–water partition coefficient (Wildman–Crippen LogP) is 4.32. The number of methoxy groups -OCH3 is 1. The van der Waals surface area contributed by atoms with Crippen LogP contribution in [-0.2, 0) is 28.8 Å². The Hall–Kier alpha value is -2.47. The number of fused-ring (bicyclic) bond motifs is 3. The predicted molar refractivity (Wildman–Crippen MR) is 101 cm³/mol. The molecule has 2 aromatic heterocycles. The minimum Gasteiger partial charge on any atom is -0.469 e. The van der Waals surface area contributed by atoms with Gasteiger partial charge in [0.1, 0.15) is 16.9 Å². The zero-order chi connectivity index (χ0) is 18.1. The molecule has 26 heavy (non-hydrogen) atoms. The Bertz CT molecular complexity index is 950. The second-order valence-electron chi connectivity index (χ2n) is 6.71. The Morgan fingerprint density at radius 3 is 2.85 bits per heavy atom. The van der Waals surface area contributed by atoms with Crippen LogP contribution in [-0.4, -0.2) is 23.0 Å². The molecule has 3 aromatic rings. The van der Waals surface area contributed by atoms with Crippen LogP contribution in [0.4, 0.5) is 0 Å². The number of hydrogen-bond acceptors (Lipinski definition) is 6. The van der Waals surface area contributed by atoms with Gasteiger partial charge >= 0.3 is 5.97 Å². The Morgan fingerprint density at radius 2 is 2.08 bits per heavy atom. The highest BCUT2D eigenvalue weighted by atomic mass is 32.1. The number of carbonyl (C=O) groups is 1. The van der Waals surface area contributed by atoms with Crippen molar-refractivity contribution in [3.63, 3.8) is 0 Å². The maximum Gasteiger partial charge on any atom is 0.309 e. The van der Waals surface area contributed by atoms with Crippen LogP contribution >= 0.6 is 11.3 Å². The fourth-order valence-corrected chi connectivity index (χ4v) is 4.69. The van der Waals surface area contributed by atoms with E-state index in [1.165, 1.54) is 24.0 Å². The van der Waals surface area contributed by atoms with Gasteiger partial charge in [0.25, 0.3) is 0 Å². The second-order valence-corrected chi connectivity index (χ2v) is 7.79. The first-order chi connectivity index (χ1) is 12.6. The van der Waals surface area contributed by atoms with Crippen LogP contribution in [0.3, 0.4) is 0 Å². The molecule has 2 heterocycles. The van der Waals surface area contributed by atoms with Gasteiger partial charge in [0, 0.05) is 4.88 Å². The third-order valence-electron chi connectivity index (χ3n) is 4.77.